The summed E-state index contributed by atoms with van der Waals surface area (Å²) in [5.41, 5.74) is 0. The van der Waals surface area contributed by atoms with E-state index in [1.54, 1.807) is 0 Å². The maximum absolute atomic E-state index is 8.30. The zero-order chi connectivity index (χ0) is 6.24. The summed E-state index contributed by atoms with van der Waals surface area (Å²) in [6.07, 6.45) is 3.83. The molecule has 0 atom stereocenters. The van der Waals surface area contributed by atoms with Gasteiger partial charge in [-0.05, 0) is 12.8 Å². The van der Waals surface area contributed by atoms with Crippen molar-refractivity contribution < 1.29 is 61.6 Å². The Bertz CT molecular complexity index is 40.7. The molecule has 0 aromatic rings. The molecule has 0 aromatic carbocycles. The molecule has 10 heavy (non-hydrogen) atoms. The van der Waals surface area contributed by atoms with Crippen LogP contribution in [0, 0.1) is 0 Å². The molecule has 3 nitrogen and oxygen atoms in total. The Morgan fingerprint density at radius 1 is 0.700 bits per heavy atom. The fourth-order valence-corrected chi connectivity index (χ4v) is 0.577. The minimum absolute atomic E-state index is 0. The Labute approximate surface area is 105 Å². The molecular formula is C6H17KNO2+. The van der Waals surface area contributed by atoms with Crippen LogP contribution in [-0.4, -0.2) is 23.4 Å². The third-order valence-electron chi connectivity index (χ3n) is 1.07. The average Bonchev–Trinajstić information content (AvgIpc) is 1.81. The Kier molecular flexibility index (Phi) is 29.6. The zero-order valence-electron chi connectivity index (χ0n) is 6.84. The van der Waals surface area contributed by atoms with Gasteiger partial charge < -0.3 is 16.4 Å². The van der Waals surface area contributed by atoms with Crippen molar-refractivity contribution in [3.8, 4) is 0 Å². The van der Waals surface area contributed by atoms with Gasteiger partial charge in [0.2, 0.25) is 0 Å². The minimum Gasteiger partial charge on any atom is -0.396 e. The third-order valence-corrected chi connectivity index (χ3v) is 1.07. The second-order valence-electron chi connectivity index (χ2n) is 1.86. The topological polar surface area (TPSA) is 75.5 Å². The summed E-state index contributed by atoms with van der Waals surface area (Å²) in [6, 6.07) is 0. The van der Waals surface area contributed by atoms with Crippen LogP contribution >= 0.6 is 0 Å². The summed E-state index contributed by atoms with van der Waals surface area (Å²) >= 11 is 0. The number of hydrogen-bond donors (Lipinski definition) is 3. The van der Waals surface area contributed by atoms with E-state index >= 15 is 0 Å². The number of rotatable bonds is 5. The first-order valence-corrected chi connectivity index (χ1v) is 3.13. The van der Waals surface area contributed by atoms with E-state index in [9.17, 15) is 0 Å². The van der Waals surface area contributed by atoms with Crippen molar-refractivity contribution in [2.75, 3.05) is 13.2 Å². The van der Waals surface area contributed by atoms with Crippen LogP contribution in [-0.2, 0) is 0 Å². The van der Waals surface area contributed by atoms with Crippen LogP contribution in [0.5, 0.6) is 0 Å². The molecule has 0 fully saturated rings. The van der Waals surface area contributed by atoms with Crippen LogP contribution in [0.25, 0.3) is 0 Å². The summed E-state index contributed by atoms with van der Waals surface area (Å²) in [5, 5.41) is 16.6. The Morgan fingerprint density at radius 2 is 1.00 bits per heavy atom. The number of aliphatic hydroxyl groups excluding tert-OH is 2. The number of unbranched alkanes of at least 4 members (excludes halogenated alkanes) is 3. The van der Waals surface area contributed by atoms with Gasteiger partial charge in [0.25, 0.3) is 0 Å². The molecule has 0 rings (SSSR count). The molecule has 0 aliphatic heterocycles. The van der Waals surface area contributed by atoms with E-state index in [-0.39, 0.29) is 70.7 Å². The van der Waals surface area contributed by atoms with E-state index in [2.05, 4.69) is 0 Å². The van der Waals surface area contributed by atoms with Crippen LogP contribution in [0.1, 0.15) is 25.7 Å². The standard InChI is InChI=1S/C6H14O2.K.H3N/c7-5-3-1-2-4-6-8;;/h7-8H,1-6H2;;1H3/q;+1;. The Balaban J connectivity index is -0.000000245. The molecule has 0 amide bonds. The summed E-state index contributed by atoms with van der Waals surface area (Å²) in [5.74, 6) is 0. The molecule has 0 aliphatic carbocycles. The molecule has 0 unspecified atom stereocenters. The largest absolute Gasteiger partial charge is 1.00 e. The number of aliphatic hydroxyl groups is 2. The number of hydrogen-bond acceptors (Lipinski definition) is 3. The van der Waals surface area contributed by atoms with Gasteiger partial charge in [0.1, 0.15) is 0 Å². The van der Waals surface area contributed by atoms with Gasteiger partial charge in [-0.15, -0.1) is 0 Å². The quantitative estimate of drug-likeness (QED) is 0.324. The maximum atomic E-state index is 8.30. The van der Waals surface area contributed by atoms with Crippen LogP contribution in [0.15, 0.2) is 0 Å². The van der Waals surface area contributed by atoms with Gasteiger partial charge >= 0.3 is 51.4 Å². The van der Waals surface area contributed by atoms with Crippen LogP contribution in [0.3, 0.4) is 0 Å². The normalized spacial score (nSPS) is 7.80. The van der Waals surface area contributed by atoms with Gasteiger partial charge in [0.05, 0.1) is 0 Å². The van der Waals surface area contributed by atoms with E-state index in [4.69, 9.17) is 10.2 Å². The minimum atomic E-state index is 0. The van der Waals surface area contributed by atoms with E-state index < -0.39 is 0 Å². The molecule has 0 spiro atoms. The molecule has 4 heteroatoms. The summed E-state index contributed by atoms with van der Waals surface area (Å²) in [7, 11) is 0. The fourth-order valence-electron chi connectivity index (χ4n) is 0.577. The van der Waals surface area contributed by atoms with Crippen LogP contribution in [0.2, 0.25) is 0 Å². The Morgan fingerprint density at radius 3 is 1.20 bits per heavy atom. The molecule has 5 N–H and O–H groups in total. The molecule has 0 saturated carbocycles. The van der Waals surface area contributed by atoms with Gasteiger partial charge in [0.15, 0.2) is 0 Å². The molecule has 58 valence electrons. The van der Waals surface area contributed by atoms with Crippen molar-refractivity contribution in [2.45, 2.75) is 25.7 Å². The monoisotopic (exact) mass is 174 g/mol. The molecular weight excluding hydrogens is 157 g/mol. The first-order valence-electron chi connectivity index (χ1n) is 3.13. The molecule has 0 heterocycles. The third kappa shape index (κ3) is 16.3. The molecule has 0 radical (unpaired) electrons. The first-order chi connectivity index (χ1) is 3.91. The predicted molar refractivity (Wildman–Crippen MR) is 37.7 cm³/mol. The average molecular weight is 174 g/mol. The van der Waals surface area contributed by atoms with Crippen molar-refractivity contribution in [2.24, 2.45) is 0 Å². The summed E-state index contributed by atoms with van der Waals surface area (Å²) < 4.78 is 0. The van der Waals surface area contributed by atoms with Crippen molar-refractivity contribution >= 4 is 0 Å². The van der Waals surface area contributed by atoms with Crippen molar-refractivity contribution in [1.29, 1.82) is 0 Å². The second-order valence-corrected chi connectivity index (χ2v) is 1.86. The first kappa shape index (κ1) is 17.6. The fraction of sp³-hybridized carbons (Fsp3) is 1.00. The maximum Gasteiger partial charge on any atom is 1.00 e. The van der Waals surface area contributed by atoms with E-state index in [1.165, 1.54) is 0 Å². The van der Waals surface area contributed by atoms with Gasteiger partial charge in [-0.25, -0.2) is 0 Å². The SMILES string of the molecule is N.OCCCCCCO.[K+]. The zero-order valence-corrected chi connectivity index (χ0v) is 9.97. The van der Waals surface area contributed by atoms with E-state index in [0.717, 1.165) is 25.7 Å². The van der Waals surface area contributed by atoms with E-state index in [0.29, 0.717) is 0 Å². The molecule has 0 aliphatic rings. The smallest absolute Gasteiger partial charge is 0.396 e. The molecule has 0 saturated heterocycles. The predicted octanol–water partition coefficient (Wildman–Crippen LogP) is -2.30. The van der Waals surface area contributed by atoms with Gasteiger partial charge in [-0.1, -0.05) is 12.8 Å². The van der Waals surface area contributed by atoms with Crippen LogP contribution < -0.4 is 57.5 Å². The van der Waals surface area contributed by atoms with Crippen molar-refractivity contribution in [1.82, 2.24) is 6.15 Å². The second kappa shape index (κ2) is 16.9. The van der Waals surface area contributed by atoms with Gasteiger partial charge in [0, 0.05) is 13.2 Å². The van der Waals surface area contributed by atoms with Crippen LogP contribution in [0.4, 0.5) is 0 Å². The Hall–Kier alpha value is 1.52. The van der Waals surface area contributed by atoms with Crippen molar-refractivity contribution in [3.63, 3.8) is 0 Å². The summed E-state index contributed by atoms with van der Waals surface area (Å²) in [6.45, 7) is 0.566. The molecule has 0 aromatic heterocycles. The summed E-state index contributed by atoms with van der Waals surface area (Å²) in [4.78, 5) is 0. The van der Waals surface area contributed by atoms with Gasteiger partial charge in [-0.2, -0.15) is 0 Å². The van der Waals surface area contributed by atoms with Gasteiger partial charge in [-0.3, -0.25) is 0 Å². The molecule has 0 bridgehead atoms. The van der Waals surface area contributed by atoms with E-state index in [1.807, 2.05) is 0 Å². The van der Waals surface area contributed by atoms with Crippen molar-refractivity contribution in [3.05, 3.63) is 0 Å².